The second-order valence-corrected chi connectivity index (χ2v) is 19.7. The number of unbranched alkanes of at least 4 members (excludes halogenated alkanes) is 28. The molecule has 6 unspecified atom stereocenters. The number of esters is 2. The Hall–Kier alpha value is -1.87. The van der Waals surface area contributed by atoms with Crippen molar-refractivity contribution < 1.29 is 56.8 Å². The number of carbonyl (C=O) groups excluding carboxylic acids is 2. The smallest absolute Gasteiger partial charge is 0.306 e. The van der Waals surface area contributed by atoms with E-state index in [-0.39, 0.29) is 19.4 Å². The number of carbonyl (C=O) groups is 2. The van der Waals surface area contributed by atoms with Crippen LogP contribution in [-0.4, -0.2) is 96.0 Å². The van der Waals surface area contributed by atoms with E-state index in [1.807, 2.05) is 0 Å². The molecule has 1 fully saturated rings. The third kappa shape index (κ3) is 35.3. The van der Waals surface area contributed by atoms with Gasteiger partial charge in [-0.25, -0.2) is 0 Å². The van der Waals surface area contributed by atoms with Gasteiger partial charge in [-0.2, -0.15) is 8.42 Å². The van der Waals surface area contributed by atoms with E-state index < -0.39 is 71.2 Å². The summed E-state index contributed by atoms with van der Waals surface area (Å²) in [7, 11) is -4.60. The van der Waals surface area contributed by atoms with Crippen molar-refractivity contribution in [2.24, 2.45) is 0 Å². The summed E-state index contributed by atoms with van der Waals surface area (Å²) in [5.41, 5.74) is 0. The Labute approximate surface area is 389 Å². The van der Waals surface area contributed by atoms with E-state index in [0.29, 0.717) is 12.8 Å². The van der Waals surface area contributed by atoms with Crippen LogP contribution in [0.1, 0.15) is 232 Å². The fraction of sp³-hybridized carbons (Fsp3) is 0.882. The van der Waals surface area contributed by atoms with Crippen LogP contribution in [0.15, 0.2) is 24.3 Å². The van der Waals surface area contributed by atoms with Crippen molar-refractivity contribution >= 4 is 22.1 Å². The van der Waals surface area contributed by atoms with Gasteiger partial charge in [0.1, 0.15) is 36.8 Å². The number of hydrogen-bond donors (Lipinski definition) is 4. The van der Waals surface area contributed by atoms with Crippen LogP contribution in [0.3, 0.4) is 0 Å². The molecule has 1 saturated heterocycles. The van der Waals surface area contributed by atoms with Crippen molar-refractivity contribution in [3.8, 4) is 0 Å². The average molecular weight is 931 g/mol. The molecule has 0 saturated carbocycles. The van der Waals surface area contributed by atoms with Gasteiger partial charge in [0.2, 0.25) is 0 Å². The Balaban J connectivity index is 2.36. The zero-order valence-electron chi connectivity index (χ0n) is 40.4. The minimum absolute atomic E-state index is 0.163. The molecule has 1 rings (SSSR count). The second kappa shape index (κ2) is 41.3. The summed E-state index contributed by atoms with van der Waals surface area (Å²) in [4.78, 5) is 25.5. The van der Waals surface area contributed by atoms with Crippen molar-refractivity contribution in [2.75, 3.05) is 19.0 Å². The zero-order chi connectivity index (χ0) is 46.9. The summed E-state index contributed by atoms with van der Waals surface area (Å²) < 4.78 is 54.2. The first-order chi connectivity index (χ1) is 31.0. The van der Waals surface area contributed by atoms with E-state index in [9.17, 15) is 37.9 Å². The molecule has 0 aliphatic carbocycles. The molecule has 64 heavy (non-hydrogen) atoms. The Morgan fingerprint density at radius 3 is 1.38 bits per heavy atom. The number of hydrogen-bond acceptors (Lipinski definition) is 11. The van der Waals surface area contributed by atoms with Crippen LogP contribution < -0.4 is 0 Å². The largest absolute Gasteiger partial charge is 0.462 e. The van der Waals surface area contributed by atoms with Crippen LogP contribution in [-0.2, 0) is 38.7 Å². The lowest BCUT2D eigenvalue weighted by atomic mass is 10.00. The average Bonchev–Trinajstić information content (AvgIpc) is 3.26. The molecule has 0 aromatic rings. The third-order valence-electron chi connectivity index (χ3n) is 12.0. The predicted octanol–water partition coefficient (Wildman–Crippen LogP) is 11.6. The Morgan fingerprint density at radius 2 is 0.938 bits per heavy atom. The van der Waals surface area contributed by atoms with Crippen molar-refractivity contribution in [2.45, 2.75) is 269 Å². The zero-order valence-corrected chi connectivity index (χ0v) is 41.2. The fourth-order valence-corrected chi connectivity index (χ4v) is 8.69. The number of allylic oxidation sites excluding steroid dienone is 4. The van der Waals surface area contributed by atoms with Gasteiger partial charge in [0.15, 0.2) is 12.4 Å². The van der Waals surface area contributed by atoms with Gasteiger partial charge in [-0.3, -0.25) is 14.1 Å². The molecule has 0 bridgehead atoms. The third-order valence-corrected chi connectivity index (χ3v) is 12.8. The Bertz CT molecular complexity index is 1270. The van der Waals surface area contributed by atoms with Crippen molar-refractivity contribution in [3.63, 3.8) is 0 Å². The topological polar surface area (TPSA) is 186 Å². The first kappa shape index (κ1) is 60.1. The molecule has 0 aromatic carbocycles. The SMILES string of the molecule is CCCCCCC/C=C\C/C=C\CCCCCCCCCCCC(=O)OC(COC(=O)CCCCCCCCCCCCCCCCC)COC1OC(CS(=O)(=O)O)C(O)C(O)C1O. The predicted molar refractivity (Wildman–Crippen MR) is 256 cm³/mol. The lowest BCUT2D eigenvalue weighted by Crippen LogP contribution is -2.60. The number of aliphatic hydroxyl groups is 3. The molecule has 0 spiro atoms. The molecule has 12 nitrogen and oxygen atoms in total. The lowest BCUT2D eigenvalue weighted by Gasteiger charge is -2.40. The lowest BCUT2D eigenvalue weighted by molar-refractivity contribution is -0.297. The van der Waals surface area contributed by atoms with Gasteiger partial charge in [-0.05, 0) is 44.9 Å². The van der Waals surface area contributed by atoms with Crippen molar-refractivity contribution in [3.05, 3.63) is 24.3 Å². The summed E-state index contributed by atoms with van der Waals surface area (Å²) in [5.74, 6) is -1.97. The molecular formula is C51H94O12S. The standard InChI is InChI=1S/C51H94O12S/c1-3-5-7-9-11-13-15-17-19-20-21-22-23-24-26-28-30-32-34-36-38-40-47(53)62-44(42-61-51-50(56)49(55)48(54)45(63-51)43-64(57,58)59)41-60-46(52)39-37-35-33-31-29-27-25-18-16-14-12-10-8-6-4-2/h15,17,20-21,44-45,48-51,54-56H,3-14,16,18-19,22-43H2,1-2H3,(H,57,58,59)/b17-15-,21-20-. The molecule has 1 heterocycles. The second-order valence-electron chi connectivity index (χ2n) is 18.2. The number of rotatable bonds is 44. The van der Waals surface area contributed by atoms with E-state index in [0.717, 1.165) is 51.4 Å². The number of ether oxygens (including phenoxy) is 4. The monoisotopic (exact) mass is 931 g/mol. The summed E-state index contributed by atoms with van der Waals surface area (Å²) >= 11 is 0. The molecule has 0 amide bonds. The highest BCUT2D eigenvalue weighted by molar-refractivity contribution is 7.85. The van der Waals surface area contributed by atoms with E-state index in [2.05, 4.69) is 38.2 Å². The van der Waals surface area contributed by atoms with Gasteiger partial charge in [-0.15, -0.1) is 0 Å². The van der Waals surface area contributed by atoms with Gasteiger partial charge in [-0.1, -0.05) is 199 Å². The minimum Gasteiger partial charge on any atom is -0.462 e. The summed E-state index contributed by atoms with van der Waals surface area (Å²) in [6.45, 7) is 3.78. The Kier molecular flexibility index (Phi) is 38.8. The van der Waals surface area contributed by atoms with Gasteiger partial charge in [0.05, 0.1) is 6.61 Å². The summed E-state index contributed by atoms with van der Waals surface area (Å²) in [6.07, 6.45) is 37.8. The molecule has 1 aliphatic heterocycles. The molecule has 376 valence electrons. The highest BCUT2D eigenvalue weighted by Gasteiger charge is 2.46. The first-order valence-electron chi connectivity index (χ1n) is 25.9. The van der Waals surface area contributed by atoms with Crippen LogP contribution in [0.4, 0.5) is 0 Å². The van der Waals surface area contributed by atoms with Crippen molar-refractivity contribution in [1.29, 1.82) is 0 Å². The highest BCUT2D eigenvalue weighted by Crippen LogP contribution is 2.24. The molecule has 0 radical (unpaired) electrons. The van der Waals surface area contributed by atoms with E-state index >= 15 is 0 Å². The van der Waals surface area contributed by atoms with Gasteiger partial charge in [0, 0.05) is 12.8 Å². The molecule has 1 aliphatic rings. The first-order valence-corrected chi connectivity index (χ1v) is 27.5. The normalized spacial score (nSPS) is 19.8. The molecular weight excluding hydrogens is 837 g/mol. The maximum Gasteiger partial charge on any atom is 0.306 e. The highest BCUT2D eigenvalue weighted by atomic mass is 32.2. The maximum absolute atomic E-state index is 12.9. The van der Waals surface area contributed by atoms with E-state index in [1.165, 1.54) is 141 Å². The van der Waals surface area contributed by atoms with Gasteiger partial charge in [0.25, 0.3) is 10.1 Å². The van der Waals surface area contributed by atoms with Crippen LogP contribution in [0, 0.1) is 0 Å². The van der Waals surface area contributed by atoms with Crippen molar-refractivity contribution in [1.82, 2.24) is 0 Å². The molecule has 0 aromatic heterocycles. The summed E-state index contributed by atoms with van der Waals surface area (Å²) in [6, 6.07) is 0. The van der Waals surface area contributed by atoms with Crippen LogP contribution >= 0.6 is 0 Å². The summed E-state index contributed by atoms with van der Waals surface area (Å²) in [5, 5.41) is 31.0. The molecule has 4 N–H and O–H groups in total. The van der Waals surface area contributed by atoms with E-state index in [1.54, 1.807) is 0 Å². The maximum atomic E-state index is 12.9. The van der Waals surface area contributed by atoms with Crippen LogP contribution in [0.5, 0.6) is 0 Å². The van der Waals surface area contributed by atoms with Gasteiger partial charge < -0.3 is 34.3 Å². The molecule has 6 atom stereocenters. The van der Waals surface area contributed by atoms with Gasteiger partial charge >= 0.3 is 11.9 Å². The fourth-order valence-electron chi connectivity index (χ4n) is 8.00. The van der Waals surface area contributed by atoms with Crippen LogP contribution in [0.2, 0.25) is 0 Å². The molecule has 13 heteroatoms. The number of aliphatic hydroxyl groups excluding tert-OH is 3. The minimum atomic E-state index is -4.60. The van der Waals surface area contributed by atoms with Crippen LogP contribution in [0.25, 0.3) is 0 Å². The quantitative estimate of drug-likeness (QED) is 0.0196. The Morgan fingerprint density at radius 1 is 0.531 bits per heavy atom. The van der Waals surface area contributed by atoms with E-state index in [4.69, 9.17) is 18.9 Å².